The summed E-state index contributed by atoms with van der Waals surface area (Å²) in [4.78, 5) is 0. The highest BCUT2D eigenvalue weighted by Crippen LogP contribution is 2.34. The molecule has 2 N–H and O–H groups in total. The van der Waals surface area contributed by atoms with Crippen LogP contribution in [0.15, 0.2) is 66.9 Å². The fraction of sp³-hybridized carbons (Fsp3) is 0.286. The molecule has 1 fully saturated rings. The van der Waals surface area contributed by atoms with Crippen LogP contribution in [0, 0.1) is 5.92 Å². The zero-order valence-corrected chi connectivity index (χ0v) is 14.2. The third kappa shape index (κ3) is 3.65. The second kappa shape index (κ2) is 7.64. The van der Waals surface area contributed by atoms with Gasteiger partial charge in [-0.25, -0.2) is 0 Å². The van der Waals surface area contributed by atoms with Gasteiger partial charge in [0.1, 0.15) is 0 Å². The van der Waals surface area contributed by atoms with Crippen molar-refractivity contribution in [2.24, 2.45) is 5.92 Å². The van der Waals surface area contributed by atoms with Crippen molar-refractivity contribution in [3.63, 3.8) is 0 Å². The predicted molar refractivity (Wildman–Crippen MR) is 99.0 cm³/mol. The van der Waals surface area contributed by atoms with Gasteiger partial charge in [0.2, 0.25) is 0 Å². The number of hydrogen-bond donors (Lipinski definition) is 2. The van der Waals surface area contributed by atoms with Crippen molar-refractivity contribution in [1.82, 2.24) is 15.5 Å². The third-order valence-electron chi connectivity index (χ3n) is 4.84. The number of benzene rings is 2. The van der Waals surface area contributed by atoms with Gasteiger partial charge in [0, 0.05) is 31.2 Å². The maximum atomic E-state index is 5.97. The molecule has 0 saturated carbocycles. The molecule has 2 atom stereocenters. The quantitative estimate of drug-likeness (QED) is 0.718. The minimum absolute atomic E-state index is 0.201. The van der Waals surface area contributed by atoms with Gasteiger partial charge in [-0.05, 0) is 17.5 Å². The Morgan fingerprint density at radius 3 is 2.60 bits per heavy atom. The van der Waals surface area contributed by atoms with Crippen LogP contribution in [0.3, 0.4) is 0 Å². The van der Waals surface area contributed by atoms with Crippen LogP contribution in [0.2, 0.25) is 0 Å². The molecule has 0 unspecified atom stereocenters. The van der Waals surface area contributed by atoms with Gasteiger partial charge in [0.05, 0.1) is 18.0 Å². The summed E-state index contributed by atoms with van der Waals surface area (Å²) in [5, 5.41) is 10.9. The van der Waals surface area contributed by atoms with Crippen LogP contribution >= 0.6 is 0 Å². The highest BCUT2D eigenvalue weighted by Gasteiger charge is 2.29. The molecule has 4 rings (SSSR count). The number of nitrogens with zero attached hydrogens (tertiary/aromatic N) is 1. The Bertz CT molecular complexity index is 785. The van der Waals surface area contributed by atoms with E-state index in [1.807, 2.05) is 24.4 Å². The Balaban J connectivity index is 1.38. The molecule has 1 aliphatic heterocycles. The summed E-state index contributed by atoms with van der Waals surface area (Å²) in [6.45, 7) is 2.59. The van der Waals surface area contributed by atoms with Gasteiger partial charge in [0.25, 0.3) is 0 Å². The number of aromatic nitrogens is 2. The molecule has 128 valence electrons. The lowest BCUT2D eigenvalue weighted by Gasteiger charge is -2.19. The molecular formula is C21H23N3O. The van der Waals surface area contributed by atoms with E-state index in [9.17, 15) is 0 Å². The van der Waals surface area contributed by atoms with Crippen LogP contribution in [0.25, 0.3) is 11.3 Å². The summed E-state index contributed by atoms with van der Waals surface area (Å²) in [5.74, 6) is 0.509. The normalized spacial score (nSPS) is 20.0. The van der Waals surface area contributed by atoms with E-state index in [1.165, 1.54) is 16.7 Å². The summed E-state index contributed by atoms with van der Waals surface area (Å²) in [6, 6.07) is 20.9. The standard InChI is InChI=1S/C21H23N3O/c1-3-7-16(8-4-1)20-19(15-23-24-20)14-22-13-18-11-12-25-21(18)17-9-5-2-6-10-17/h1-10,15,18,21-22H,11-14H2,(H,23,24)/t18-,21-/m0/s1. The predicted octanol–water partition coefficient (Wildman–Crippen LogP) is 3.94. The maximum Gasteiger partial charge on any atom is 0.0866 e. The lowest BCUT2D eigenvalue weighted by atomic mass is 9.95. The van der Waals surface area contributed by atoms with Crippen LogP contribution in [-0.4, -0.2) is 23.3 Å². The Labute approximate surface area is 148 Å². The minimum atomic E-state index is 0.201. The molecule has 0 spiro atoms. The molecule has 1 aliphatic rings. The Kier molecular flexibility index (Phi) is 4.91. The second-order valence-corrected chi connectivity index (χ2v) is 6.52. The van der Waals surface area contributed by atoms with Crippen molar-refractivity contribution in [2.45, 2.75) is 19.1 Å². The van der Waals surface area contributed by atoms with Crippen molar-refractivity contribution < 1.29 is 4.74 Å². The van der Waals surface area contributed by atoms with Crippen molar-refractivity contribution in [2.75, 3.05) is 13.2 Å². The van der Waals surface area contributed by atoms with E-state index in [2.05, 4.69) is 58.0 Å². The van der Waals surface area contributed by atoms with Crippen molar-refractivity contribution in [3.05, 3.63) is 78.0 Å². The topological polar surface area (TPSA) is 49.9 Å². The molecule has 1 aromatic heterocycles. The van der Waals surface area contributed by atoms with E-state index in [4.69, 9.17) is 4.74 Å². The monoisotopic (exact) mass is 333 g/mol. The number of nitrogens with one attached hydrogen (secondary N) is 2. The van der Waals surface area contributed by atoms with Gasteiger partial charge >= 0.3 is 0 Å². The fourth-order valence-corrected chi connectivity index (χ4v) is 3.55. The molecular weight excluding hydrogens is 310 g/mol. The Morgan fingerprint density at radius 2 is 1.80 bits per heavy atom. The van der Waals surface area contributed by atoms with Gasteiger partial charge in [-0.3, -0.25) is 5.10 Å². The summed E-state index contributed by atoms with van der Waals surface area (Å²) in [5.41, 5.74) is 4.74. The number of rotatable bonds is 6. The van der Waals surface area contributed by atoms with Crippen LogP contribution in [0.4, 0.5) is 0 Å². The molecule has 0 radical (unpaired) electrons. The smallest absolute Gasteiger partial charge is 0.0866 e. The summed E-state index contributed by atoms with van der Waals surface area (Å²) in [7, 11) is 0. The van der Waals surface area contributed by atoms with Crippen LogP contribution in [0.1, 0.15) is 23.7 Å². The van der Waals surface area contributed by atoms with E-state index in [-0.39, 0.29) is 6.10 Å². The molecule has 0 amide bonds. The van der Waals surface area contributed by atoms with Gasteiger partial charge in [-0.1, -0.05) is 60.7 Å². The van der Waals surface area contributed by atoms with Crippen molar-refractivity contribution >= 4 is 0 Å². The van der Waals surface area contributed by atoms with Gasteiger partial charge < -0.3 is 10.1 Å². The average Bonchev–Trinajstić information content (AvgIpc) is 3.33. The molecule has 25 heavy (non-hydrogen) atoms. The Morgan fingerprint density at radius 1 is 1.04 bits per heavy atom. The number of hydrogen-bond acceptors (Lipinski definition) is 3. The number of H-pyrrole nitrogens is 1. The lowest BCUT2D eigenvalue weighted by molar-refractivity contribution is 0.0904. The van der Waals surface area contributed by atoms with E-state index < -0.39 is 0 Å². The lowest BCUT2D eigenvalue weighted by Crippen LogP contribution is -2.24. The average molecular weight is 333 g/mol. The molecule has 0 bridgehead atoms. The first-order valence-corrected chi connectivity index (χ1v) is 8.87. The van der Waals surface area contributed by atoms with Gasteiger partial charge in [-0.15, -0.1) is 0 Å². The van der Waals surface area contributed by atoms with E-state index >= 15 is 0 Å². The SMILES string of the molecule is c1ccc(-c2[nH]ncc2CNC[C@@H]2CCO[C@H]2c2ccccc2)cc1. The number of aromatic amines is 1. The van der Waals surface area contributed by atoms with Crippen molar-refractivity contribution in [3.8, 4) is 11.3 Å². The first kappa shape index (κ1) is 16.1. The largest absolute Gasteiger partial charge is 0.373 e. The van der Waals surface area contributed by atoms with E-state index in [0.717, 1.165) is 31.8 Å². The molecule has 4 nitrogen and oxygen atoms in total. The first-order chi connectivity index (χ1) is 12.4. The molecule has 0 aliphatic carbocycles. The van der Waals surface area contributed by atoms with Crippen LogP contribution in [-0.2, 0) is 11.3 Å². The highest BCUT2D eigenvalue weighted by atomic mass is 16.5. The van der Waals surface area contributed by atoms with Crippen LogP contribution in [0.5, 0.6) is 0 Å². The summed E-state index contributed by atoms with van der Waals surface area (Å²) < 4.78 is 5.97. The second-order valence-electron chi connectivity index (χ2n) is 6.52. The van der Waals surface area contributed by atoms with Gasteiger partial charge in [0.15, 0.2) is 0 Å². The summed E-state index contributed by atoms with van der Waals surface area (Å²) in [6.07, 6.45) is 3.21. The van der Waals surface area contributed by atoms with E-state index in [1.54, 1.807) is 0 Å². The van der Waals surface area contributed by atoms with Crippen molar-refractivity contribution in [1.29, 1.82) is 0 Å². The zero-order chi connectivity index (χ0) is 16.9. The molecule has 3 aromatic rings. The summed E-state index contributed by atoms with van der Waals surface area (Å²) >= 11 is 0. The molecule has 4 heteroatoms. The highest BCUT2D eigenvalue weighted by molar-refractivity contribution is 5.62. The van der Waals surface area contributed by atoms with E-state index in [0.29, 0.717) is 5.92 Å². The molecule has 1 saturated heterocycles. The zero-order valence-electron chi connectivity index (χ0n) is 14.2. The fourth-order valence-electron chi connectivity index (χ4n) is 3.55. The Hall–Kier alpha value is -2.43. The third-order valence-corrected chi connectivity index (χ3v) is 4.84. The minimum Gasteiger partial charge on any atom is -0.373 e. The van der Waals surface area contributed by atoms with Gasteiger partial charge in [-0.2, -0.15) is 5.10 Å². The maximum absolute atomic E-state index is 5.97. The first-order valence-electron chi connectivity index (χ1n) is 8.87. The molecule has 2 heterocycles. The number of ether oxygens (including phenoxy) is 1. The molecule has 2 aromatic carbocycles. The van der Waals surface area contributed by atoms with Crippen LogP contribution < -0.4 is 5.32 Å².